The number of nitrogen functional groups attached to an aromatic ring is 1. The average Bonchev–Trinajstić information content (AvgIpc) is 2.26. The molecule has 0 aliphatic heterocycles. The number of thioether (sulfide) groups is 1. The van der Waals surface area contributed by atoms with Gasteiger partial charge in [0.1, 0.15) is 11.0 Å². The van der Waals surface area contributed by atoms with Gasteiger partial charge in [-0.15, -0.1) is 0 Å². The standard InChI is InChI=1S/C13H15ClN4S/c1-8-4-5-16-9(6-8)13(2,3)19-12-17-10(14)7-11(15)18-12/h4-7H,1-3H3,(H2,15,17,18). The van der Waals surface area contributed by atoms with Gasteiger partial charge in [-0.2, -0.15) is 0 Å². The fourth-order valence-corrected chi connectivity index (χ4v) is 2.81. The molecule has 2 N–H and O–H groups in total. The van der Waals surface area contributed by atoms with Crippen molar-refractivity contribution in [2.45, 2.75) is 30.7 Å². The van der Waals surface area contributed by atoms with Gasteiger partial charge in [-0.1, -0.05) is 23.4 Å². The van der Waals surface area contributed by atoms with Crippen molar-refractivity contribution in [3.05, 3.63) is 40.8 Å². The average molecular weight is 295 g/mol. The second-order valence-corrected chi connectivity index (χ2v) is 6.71. The van der Waals surface area contributed by atoms with E-state index < -0.39 is 0 Å². The minimum atomic E-state index is -0.261. The molecule has 0 aliphatic carbocycles. The summed E-state index contributed by atoms with van der Waals surface area (Å²) in [5, 5.41) is 0.904. The Balaban J connectivity index is 2.30. The first-order valence-electron chi connectivity index (χ1n) is 5.79. The highest BCUT2D eigenvalue weighted by Crippen LogP contribution is 2.38. The maximum atomic E-state index is 5.89. The molecule has 19 heavy (non-hydrogen) atoms. The first-order valence-corrected chi connectivity index (χ1v) is 6.98. The fourth-order valence-electron chi connectivity index (χ4n) is 1.60. The molecule has 2 aromatic rings. The molecule has 0 atom stereocenters. The van der Waals surface area contributed by atoms with Crippen molar-refractivity contribution >= 4 is 29.2 Å². The Kier molecular flexibility index (Phi) is 3.96. The molecule has 0 unspecified atom stereocenters. The van der Waals surface area contributed by atoms with Crippen molar-refractivity contribution in [1.29, 1.82) is 0 Å². The van der Waals surface area contributed by atoms with E-state index in [1.54, 1.807) is 6.20 Å². The molecular formula is C13H15ClN4S. The Hall–Kier alpha value is -1.33. The summed E-state index contributed by atoms with van der Waals surface area (Å²) in [7, 11) is 0. The summed E-state index contributed by atoms with van der Waals surface area (Å²) >= 11 is 7.38. The third-order valence-electron chi connectivity index (χ3n) is 2.57. The molecular weight excluding hydrogens is 280 g/mol. The minimum Gasteiger partial charge on any atom is -0.384 e. The summed E-state index contributed by atoms with van der Waals surface area (Å²) in [4.78, 5) is 12.8. The molecule has 2 rings (SSSR count). The van der Waals surface area contributed by atoms with Crippen LogP contribution >= 0.6 is 23.4 Å². The number of hydrogen-bond donors (Lipinski definition) is 1. The Morgan fingerprint density at radius 2 is 2.00 bits per heavy atom. The van der Waals surface area contributed by atoms with Gasteiger partial charge in [0, 0.05) is 12.3 Å². The van der Waals surface area contributed by atoms with Crippen LogP contribution in [0.2, 0.25) is 5.15 Å². The molecule has 6 heteroatoms. The van der Waals surface area contributed by atoms with Crippen LogP contribution in [0, 0.1) is 6.92 Å². The van der Waals surface area contributed by atoms with E-state index >= 15 is 0 Å². The largest absolute Gasteiger partial charge is 0.384 e. The van der Waals surface area contributed by atoms with E-state index in [0.29, 0.717) is 16.1 Å². The van der Waals surface area contributed by atoms with Gasteiger partial charge in [-0.05, 0) is 38.5 Å². The molecule has 0 aromatic carbocycles. The highest BCUT2D eigenvalue weighted by molar-refractivity contribution is 8.00. The molecule has 2 heterocycles. The zero-order valence-electron chi connectivity index (χ0n) is 11.0. The molecule has 2 aromatic heterocycles. The summed E-state index contributed by atoms with van der Waals surface area (Å²) in [6.45, 7) is 6.18. The van der Waals surface area contributed by atoms with E-state index in [1.807, 2.05) is 13.0 Å². The molecule has 0 bridgehead atoms. The lowest BCUT2D eigenvalue weighted by molar-refractivity contribution is 0.738. The Labute approximate surface area is 121 Å². The lowest BCUT2D eigenvalue weighted by Gasteiger charge is -2.22. The molecule has 0 amide bonds. The van der Waals surface area contributed by atoms with Gasteiger partial charge in [-0.3, -0.25) is 4.98 Å². The van der Waals surface area contributed by atoms with Crippen LogP contribution in [0.4, 0.5) is 5.82 Å². The van der Waals surface area contributed by atoms with Gasteiger partial charge >= 0.3 is 0 Å². The third kappa shape index (κ3) is 3.58. The van der Waals surface area contributed by atoms with E-state index in [2.05, 4.69) is 34.9 Å². The predicted molar refractivity (Wildman–Crippen MR) is 79.3 cm³/mol. The summed E-state index contributed by atoms with van der Waals surface area (Å²) in [5.74, 6) is 0.371. The van der Waals surface area contributed by atoms with Crippen LogP contribution in [0.5, 0.6) is 0 Å². The van der Waals surface area contributed by atoms with Crippen molar-refractivity contribution in [3.63, 3.8) is 0 Å². The topological polar surface area (TPSA) is 64.7 Å². The number of aryl methyl sites for hydroxylation is 1. The minimum absolute atomic E-state index is 0.261. The number of nitrogens with zero attached hydrogens (tertiary/aromatic N) is 3. The van der Waals surface area contributed by atoms with Crippen LogP contribution in [0.1, 0.15) is 25.1 Å². The maximum absolute atomic E-state index is 5.89. The Bertz CT molecular complexity index is 581. The Morgan fingerprint density at radius 1 is 1.26 bits per heavy atom. The molecule has 0 spiro atoms. The van der Waals surface area contributed by atoms with Crippen LogP contribution in [-0.2, 0) is 4.75 Å². The molecule has 4 nitrogen and oxygen atoms in total. The van der Waals surface area contributed by atoms with Crippen LogP contribution < -0.4 is 5.73 Å². The quantitative estimate of drug-likeness (QED) is 0.534. The van der Waals surface area contributed by atoms with Crippen molar-refractivity contribution in [3.8, 4) is 0 Å². The van der Waals surface area contributed by atoms with E-state index in [4.69, 9.17) is 17.3 Å². The second-order valence-electron chi connectivity index (χ2n) is 4.73. The summed E-state index contributed by atoms with van der Waals surface area (Å²) in [6, 6.07) is 5.56. The predicted octanol–water partition coefficient (Wildman–Crippen LogP) is 3.44. The molecule has 0 saturated carbocycles. The first-order chi connectivity index (χ1) is 8.87. The number of pyridine rings is 1. The van der Waals surface area contributed by atoms with Crippen molar-refractivity contribution in [1.82, 2.24) is 15.0 Å². The number of hydrogen-bond acceptors (Lipinski definition) is 5. The van der Waals surface area contributed by atoms with E-state index in [-0.39, 0.29) is 4.75 Å². The number of rotatable bonds is 3. The SMILES string of the molecule is Cc1ccnc(C(C)(C)Sc2nc(N)cc(Cl)n2)c1. The van der Waals surface area contributed by atoms with Crippen molar-refractivity contribution in [2.75, 3.05) is 5.73 Å². The van der Waals surface area contributed by atoms with Crippen LogP contribution in [0.15, 0.2) is 29.6 Å². The first kappa shape index (κ1) is 14.1. The Morgan fingerprint density at radius 3 is 2.63 bits per heavy atom. The summed E-state index contributed by atoms with van der Waals surface area (Å²) < 4.78 is -0.261. The van der Waals surface area contributed by atoms with E-state index in [0.717, 1.165) is 5.69 Å². The van der Waals surface area contributed by atoms with Gasteiger partial charge in [0.05, 0.1) is 10.4 Å². The number of halogens is 1. The molecule has 0 radical (unpaired) electrons. The lowest BCUT2D eigenvalue weighted by Crippen LogP contribution is -2.15. The molecule has 0 fully saturated rings. The molecule has 0 aliphatic rings. The van der Waals surface area contributed by atoms with Gasteiger partial charge in [0.2, 0.25) is 0 Å². The highest BCUT2D eigenvalue weighted by Gasteiger charge is 2.25. The van der Waals surface area contributed by atoms with Gasteiger partial charge in [-0.25, -0.2) is 9.97 Å². The molecule has 100 valence electrons. The van der Waals surface area contributed by atoms with E-state index in [1.165, 1.54) is 23.4 Å². The van der Waals surface area contributed by atoms with Crippen LogP contribution in [0.3, 0.4) is 0 Å². The lowest BCUT2D eigenvalue weighted by atomic mass is 10.1. The second kappa shape index (κ2) is 5.35. The molecule has 0 saturated heterocycles. The zero-order valence-corrected chi connectivity index (χ0v) is 12.6. The normalized spacial score (nSPS) is 11.6. The summed E-state index contributed by atoms with van der Waals surface area (Å²) in [5.41, 5.74) is 7.82. The van der Waals surface area contributed by atoms with Gasteiger partial charge in [0.25, 0.3) is 0 Å². The van der Waals surface area contributed by atoms with Crippen LogP contribution in [0.25, 0.3) is 0 Å². The number of nitrogens with two attached hydrogens (primary N) is 1. The van der Waals surface area contributed by atoms with Crippen molar-refractivity contribution < 1.29 is 0 Å². The summed E-state index contributed by atoms with van der Waals surface area (Å²) in [6.07, 6.45) is 1.81. The highest BCUT2D eigenvalue weighted by atomic mass is 35.5. The number of aromatic nitrogens is 3. The number of anilines is 1. The fraction of sp³-hybridized carbons (Fsp3) is 0.308. The monoisotopic (exact) mass is 294 g/mol. The van der Waals surface area contributed by atoms with Gasteiger partial charge in [0.15, 0.2) is 5.16 Å². The van der Waals surface area contributed by atoms with Crippen molar-refractivity contribution in [2.24, 2.45) is 0 Å². The zero-order chi connectivity index (χ0) is 14.0. The maximum Gasteiger partial charge on any atom is 0.191 e. The third-order valence-corrected chi connectivity index (χ3v) is 3.85. The van der Waals surface area contributed by atoms with Crippen LogP contribution in [-0.4, -0.2) is 15.0 Å². The smallest absolute Gasteiger partial charge is 0.191 e. The van der Waals surface area contributed by atoms with Gasteiger partial charge < -0.3 is 5.73 Å². The van der Waals surface area contributed by atoms with E-state index in [9.17, 15) is 0 Å².